The largest absolute Gasteiger partial charge is 0.314 e. The van der Waals surface area contributed by atoms with E-state index in [1.165, 1.54) is 33.4 Å². The Balaban J connectivity index is 1.77. The first kappa shape index (κ1) is 20.2. The van der Waals surface area contributed by atoms with E-state index in [0.717, 1.165) is 17.1 Å². The number of fused-ring (bicyclic) bond motifs is 7. The molecule has 2 nitrogen and oxygen atoms in total. The number of para-hydroxylation sites is 3. The fourth-order valence-corrected chi connectivity index (χ4v) is 4.83. The predicted molar refractivity (Wildman–Crippen MR) is 142 cm³/mol. The van der Waals surface area contributed by atoms with Gasteiger partial charge in [0.15, 0.2) is 0 Å². The number of anilines is 2. The van der Waals surface area contributed by atoms with Crippen molar-refractivity contribution in [2.45, 2.75) is 0 Å². The van der Waals surface area contributed by atoms with E-state index in [1.54, 1.807) is 0 Å². The van der Waals surface area contributed by atoms with E-state index >= 15 is 0 Å². The summed E-state index contributed by atoms with van der Waals surface area (Å²) in [6, 6.07) is 45.0. The summed E-state index contributed by atoms with van der Waals surface area (Å²) in [5.74, 6) is 0. The maximum Gasteiger partial charge on any atom is 0.245 e. The SMILES string of the molecule is C[N+]1=[C-]N(c2ccccc2)c2ccccc2-c2ccccc2-c2ccccc2-c2ccccc21. The molecule has 0 unspecified atom stereocenters. The lowest BCUT2D eigenvalue weighted by Crippen LogP contribution is -2.21. The van der Waals surface area contributed by atoms with Crippen molar-refractivity contribution >= 4 is 23.4 Å². The van der Waals surface area contributed by atoms with E-state index in [-0.39, 0.29) is 0 Å². The summed E-state index contributed by atoms with van der Waals surface area (Å²) in [6.45, 7) is 0. The third kappa shape index (κ3) is 3.41. The Morgan fingerprint density at radius 2 is 0.912 bits per heavy atom. The molecule has 0 aliphatic carbocycles. The van der Waals surface area contributed by atoms with Crippen LogP contribution in [0.15, 0.2) is 127 Å². The second kappa shape index (κ2) is 8.49. The zero-order chi connectivity index (χ0) is 22.9. The van der Waals surface area contributed by atoms with E-state index in [0.29, 0.717) is 0 Å². The number of hydrogen-bond acceptors (Lipinski definition) is 1. The number of rotatable bonds is 1. The highest BCUT2D eigenvalue weighted by atomic mass is 15.2. The van der Waals surface area contributed by atoms with Crippen LogP contribution in [0.4, 0.5) is 17.1 Å². The van der Waals surface area contributed by atoms with Crippen LogP contribution < -0.4 is 4.90 Å². The summed E-state index contributed by atoms with van der Waals surface area (Å²) < 4.78 is 2.10. The van der Waals surface area contributed by atoms with Crippen LogP contribution in [0.3, 0.4) is 0 Å². The monoisotopic (exact) mass is 436 g/mol. The lowest BCUT2D eigenvalue weighted by atomic mass is 9.88. The molecule has 0 bridgehead atoms. The van der Waals surface area contributed by atoms with Crippen LogP contribution in [0.1, 0.15) is 0 Å². The Kier molecular flexibility index (Phi) is 5.04. The van der Waals surface area contributed by atoms with Gasteiger partial charge < -0.3 is 9.48 Å². The van der Waals surface area contributed by atoms with Crippen molar-refractivity contribution in [2.75, 3.05) is 11.9 Å². The van der Waals surface area contributed by atoms with Gasteiger partial charge in [-0.25, -0.2) is 0 Å². The second-order valence-corrected chi connectivity index (χ2v) is 8.46. The summed E-state index contributed by atoms with van der Waals surface area (Å²) in [5.41, 5.74) is 10.5. The molecule has 0 saturated carbocycles. The van der Waals surface area contributed by atoms with Gasteiger partial charge in [-0.2, -0.15) is 0 Å². The Bertz CT molecular complexity index is 1520. The lowest BCUT2D eigenvalue weighted by molar-refractivity contribution is -0.399. The van der Waals surface area contributed by atoms with E-state index in [4.69, 9.17) is 0 Å². The molecule has 0 saturated heterocycles. The van der Waals surface area contributed by atoms with Gasteiger partial charge >= 0.3 is 0 Å². The Labute approximate surface area is 200 Å². The first-order valence-corrected chi connectivity index (χ1v) is 11.5. The van der Waals surface area contributed by atoms with Crippen molar-refractivity contribution in [2.24, 2.45) is 0 Å². The van der Waals surface area contributed by atoms with Crippen LogP contribution in [-0.4, -0.2) is 18.0 Å². The molecule has 34 heavy (non-hydrogen) atoms. The van der Waals surface area contributed by atoms with E-state index in [2.05, 4.69) is 144 Å². The van der Waals surface area contributed by atoms with Crippen LogP contribution >= 0.6 is 0 Å². The van der Waals surface area contributed by atoms with Gasteiger partial charge in [0.25, 0.3) is 0 Å². The van der Waals surface area contributed by atoms with Crippen molar-refractivity contribution < 1.29 is 4.58 Å². The van der Waals surface area contributed by atoms with E-state index in [1.807, 2.05) is 6.07 Å². The zero-order valence-electron chi connectivity index (χ0n) is 19.0. The number of benzene rings is 5. The lowest BCUT2D eigenvalue weighted by Gasteiger charge is -2.25. The smallest absolute Gasteiger partial charge is 0.245 e. The second-order valence-electron chi connectivity index (χ2n) is 8.46. The Hall–Kier alpha value is -4.43. The molecule has 162 valence electrons. The third-order valence-electron chi connectivity index (χ3n) is 6.40. The highest BCUT2D eigenvalue weighted by Crippen LogP contribution is 2.44. The van der Waals surface area contributed by atoms with Gasteiger partial charge in [-0.3, -0.25) is 0 Å². The summed E-state index contributed by atoms with van der Waals surface area (Å²) in [6.07, 6.45) is 3.67. The van der Waals surface area contributed by atoms with Crippen molar-refractivity contribution in [1.29, 1.82) is 0 Å². The molecular weight excluding hydrogens is 412 g/mol. The fourth-order valence-electron chi connectivity index (χ4n) is 4.83. The van der Waals surface area contributed by atoms with Crippen LogP contribution in [0, 0.1) is 0 Å². The van der Waals surface area contributed by atoms with Gasteiger partial charge in [0, 0.05) is 0 Å². The van der Waals surface area contributed by atoms with Gasteiger partial charge in [0.05, 0.1) is 24.1 Å². The minimum atomic E-state index is 1.06. The molecule has 0 radical (unpaired) electrons. The molecule has 0 fully saturated rings. The molecule has 5 aromatic carbocycles. The first-order chi connectivity index (χ1) is 16.8. The summed E-state index contributed by atoms with van der Waals surface area (Å²) in [7, 11) is 2.07. The summed E-state index contributed by atoms with van der Waals surface area (Å²) in [4.78, 5) is 2.17. The van der Waals surface area contributed by atoms with Crippen LogP contribution in [0.5, 0.6) is 0 Å². The van der Waals surface area contributed by atoms with Gasteiger partial charge in [-0.05, 0) is 33.4 Å². The molecule has 1 aliphatic heterocycles. The molecule has 0 atom stereocenters. The molecule has 6 rings (SSSR count). The van der Waals surface area contributed by atoms with Crippen molar-refractivity contribution in [1.82, 2.24) is 0 Å². The third-order valence-corrected chi connectivity index (χ3v) is 6.40. The van der Waals surface area contributed by atoms with Crippen LogP contribution in [0.2, 0.25) is 0 Å². The van der Waals surface area contributed by atoms with E-state index in [9.17, 15) is 0 Å². The quantitative estimate of drug-likeness (QED) is 0.190. The maximum atomic E-state index is 3.67. The van der Waals surface area contributed by atoms with Crippen molar-refractivity contribution in [3.05, 3.63) is 127 Å². The molecule has 0 spiro atoms. The Morgan fingerprint density at radius 3 is 1.56 bits per heavy atom. The van der Waals surface area contributed by atoms with Crippen molar-refractivity contribution in [3.8, 4) is 33.4 Å². The van der Waals surface area contributed by atoms with E-state index < -0.39 is 0 Å². The van der Waals surface area contributed by atoms with Crippen LogP contribution in [0.25, 0.3) is 33.4 Å². The molecular formula is C32H24N2. The van der Waals surface area contributed by atoms with Gasteiger partial charge in [0.2, 0.25) is 6.34 Å². The minimum absolute atomic E-state index is 1.06. The van der Waals surface area contributed by atoms with Crippen molar-refractivity contribution in [3.63, 3.8) is 0 Å². The highest BCUT2D eigenvalue weighted by Gasteiger charge is 2.20. The number of nitrogens with zero attached hydrogens (tertiary/aromatic N) is 2. The molecule has 5 aromatic rings. The molecule has 0 N–H and O–H groups in total. The standard InChI is InChI=1S/C32H24N2/c1-33-23-34(24-13-3-2-4-14-24)32-22-12-10-20-30(32)28-18-8-6-16-26(28)25-15-5-7-17-27(25)29-19-9-11-21-31(29)33/h2-22H,1H3. The summed E-state index contributed by atoms with van der Waals surface area (Å²) in [5, 5.41) is 0. The Morgan fingerprint density at radius 1 is 0.471 bits per heavy atom. The first-order valence-electron chi connectivity index (χ1n) is 11.5. The van der Waals surface area contributed by atoms with Gasteiger partial charge in [-0.1, -0.05) is 127 Å². The number of hydrogen-bond donors (Lipinski definition) is 0. The normalized spacial score (nSPS) is 12.4. The molecule has 2 heteroatoms. The average Bonchev–Trinajstić information content (AvgIpc) is 2.93. The molecule has 1 aliphatic rings. The highest BCUT2D eigenvalue weighted by molar-refractivity contribution is 6.00. The maximum absolute atomic E-state index is 3.67. The predicted octanol–water partition coefficient (Wildman–Crippen LogP) is 8.02. The molecule has 1 heterocycles. The van der Waals surface area contributed by atoms with Crippen LogP contribution in [-0.2, 0) is 0 Å². The van der Waals surface area contributed by atoms with Gasteiger partial charge in [0.1, 0.15) is 0 Å². The molecule has 0 aromatic heterocycles. The topological polar surface area (TPSA) is 6.25 Å². The zero-order valence-corrected chi connectivity index (χ0v) is 19.0. The average molecular weight is 437 g/mol. The molecule has 0 amide bonds. The summed E-state index contributed by atoms with van der Waals surface area (Å²) >= 11 is 0. The fraction of sp³-hybridized carbons (Fsp3) is 0.0312. The minimum Gasteiger partial charge on any atom is -0.314 e. The van der Waals surface area contributed by atoms with Gasteiger partial charge in [-0.15, -0.1) is 0 Å².